The Morgan fingerprint density at radius 3 is 2.89 bits per heavy atom. The maximum absolute atomic E-state index is 11.0. The number of aliphatic hydroxyl groups is 1. The van der Waals surface area contributed by atoms with Crippen LogP contribution in [-0.2, 0) is 0 Å². The molecule has 2 N–H and O–H groups in total. The summed E-state index contributed by atoms with van der Waals surface area (Å²) in [6, 6.07) is 8.36. The molecule has 1 aromatic heterocycles. The number of pyridine rings is 1. The molecule has 5 nitrogen and oxygen atoms in total. The average Bonchev–Trinajstić information content (AvgIpc) is 2.63. The van der Waals surface area contributed by atoms with Crippen molar-refractivity contribution in [2.45, 2.75) is 45.3 Å². The first kappa shape index (κ1) is 21.7. The van der Waals surface area contributed by atoms with E-state index >= 15 is 0 Å². The summed E-state index contributed by atoms with van der Waals surface area (Å²) in [5.74, 6) is 1.46. The Morgan fingerprint density at radius 1 is 1.37 bits per heavy atom. The van der Waals surface area contributed by atoms with Crippen molar-refractivity contribution in [3.05, 3.63) is 30.5 Å². The van der Waals surface area contributed by atoms with Gasteiger partial charge in [-0.25, -0.2) is 0 Å². The van der Waals surface area contributed by atoms with Gasteiger partial charge in [0.2, 0.25) is 0 Å². The van der Waals surface area contributed by atoms with Crippen molar-refractivity contribution < 1.29 is 9.84 Å². The Balaban J connectivity index is 0.00000261. The number of nitrogens with one attached hydrogen (secondary N) is 1. The van der Waals surface area contributed by atoms with E-state index in [1.54, 1.807) is 13.3 Å². The van der Waals surface area contributed by atoms with Crippen LogP contribution in [0.3, 0.4) is 0 Å². The molecular formula is C21H32ClN3O2. The van der Waals surface area contributed by atoms with E-state index in [-0.39, 0.29) is 12.4 Å². The van der Waals surface area contributed by atoms with Gasteiger partial charge < -0.3 is 15.2 Å². The molecule has 150 valence electrons. The van der Waals surface area contributed by atoms with E-state index in [0.29, 0.717) is 25.0 Å². The van der Waals surface area contributed by atoms with Crippen LogP contribution >= 0.6 is 12.4 Å². The summed E-state index contributed by atoms with van der Waals surface area (Å²) >= 11 is 0. The molecular weight excluding hydrogens is 362 g/mol. The third kappa shape index (κ3) is 5.24. The van der Waals surface area contributed by atoms with Crippen LogP contribution in [0.1, 0.15) is 33.6 Å². The van der Waals surface area contributed by atoms with Crippen molar-refractivity contribution in [1.82, 2.24) is 9.88 Å². The largest absolute Gasteiger partial charge is 0.497 e. The molecule has 0 aliphatic carbocycles. The third-order valence-corrected chi connectivity index (χ3v) is 5.62. The van der Waals surface area contributed by atoms with Crippen molar-refractivity contribution in [3.8, 4) is 5.75 Å². The van der Waals surface area contributed by atoms with E-state index in [1.165, 1.54) is 12.8 Å². The number of aromatic nitrogens is 1. The molecule has 3 atom stereocenters. The predicted octanol–water partition coefficient (Wildman–Crippen LogP) is 3.95. The maximum Gasteiger partial charge on any atom is 0.121 e. The quantitative estimate of drug-likeness (QED) is 0.778. The second-order valence-corrected chi connectivity index (χ2v) is 7.93. The van der Waals surface area contributed by atoms with Gasteiger partial charge in [-0.3, -0.25) is 9.88 Å². The first-order chi connectivity index (χ1) is 12.4. The lowest BCUT2D eigenvalue weighted by Gasteiger charge is -2.41. The summed E-state index contributed by atoms with van der Waals surface area (Å²) in [6.07, 6.45) is 4.27. The minimum Gasteiger partial charge on any atom is -0.497 e. The fourth-order valence-electron chi connectivity index (χ4n) is 3.84. The molecule has 1 aliphatic rings. The van der Waals surface area contributed by atoms with Crippen LogP contribution in [0.4, 0.5) is 5.69 Å². The monoisotopic (exact) mass is 393 g/mol. The summed E-state index contributed by atoms with van der Waals surface area (Å²) in [5.41, 5.74) is 0.958. The van der Waals surface area contributed by atoms with E-state index in [2.05, 4.69) is 29.0 Å². The number of hydrogen-bond donors (Lipinski definition) is 2. The van der Waals surface area contributed by atoms with Gasteiger partial charge in [0.25, 0.3) is 0 Å². The van der Waals surface area contributed by atoms with Gasteiger partial charge in [-0.2, -0.15) is 0 Å². The number of likely N-dealkylation sites (tertiary alicyclic amines) is 1. The number of hydrogen-bond acceptors (Lipinski definition) is 5. The van der Waals surface area contributed by atoms with Gasteiger partial charge in [0.1, 0.15) is 5.75 Å². The summed E-state index contributed by atoms with van der Waals surface area (Å²) in [4.78, 5) is 6.90. The van der Waals surface area contributed by atoms with Crippen molar-refractivity contribution in [2.75, 3.05) is 32.1 Å². The van der Waals surface area contributed by atoms with Crippen molar-refractivity contribution in [2.24, 2.45) is 5.92 Å². The lowest BCUT2D eigenvalue weighted by atomic mass is 9.90. The highest BCUT2D eigenvalue weighted by Gasteiger charge is 2.31. The maximum atomic E-state index is 11.0. The minimum atomic E-state index is -0.824. The van der Waals surface area contributed by atoms with Gasteiger partial charge in [-0.05, 0) is 51.3 Å². The van der Waals surface area contributed by atoms with Gasteiger partial charge in [0.15, 0.2) is 0 Å². The SMILES string of the molecule is COc1cc(NCC(C)(O)CN2CCCC(C)C2C)c2ncccc2c1.Cl. The number of ether oxygens (including phenoxy) is 1. The summed E-state index contributed by atoms with van der Waals surface area (Å²) < 4.78 is 5.40. The Bertz CT molecular complexity index is 753. The number of benzene rings is 1. The highest BCUT2D eigenvalue weighted by atomic mass is 35.5. The number of piperidine rings is 1. The molecule has 0 bridgehead atoms. The number of nitrogens with zero attached hydrogens (tertiary/aromatic N) is 2. The lowest BCUT2D eigenvalue weighted by molar-refractivity contribution is -0.00234. The van der Waals surface area contributed by atoms with Crippen LogP contribution in [0.15, 0.2) is 30.5 Å². The number of methoxy groups -OCH3 is 1. The van der Waals surface area contributed by atoms with Crippen molar-refractivity contribution in [3.63, 3.8) is 0 Å². The summed E-state index contributed by atoms with van der Waals surface area (Å²) in [6.45, 7) is 8.67. The molecule has 2 aromatic rings. The zero-order valence-corrected chi connectivity index (χ0v) is 17.6. The Morgan fingerprint density at radius 2 is 2.15 bits per heavy atom. The van der Waals surface area contributed by atoms with E-state index in [0.717, 1.165) is 28.9 Å². The van der Waals surface area contributed by atoms with Crippen LogP contribution in [0.5, 0.6) is 5.75 Å². The second-order valence-electron chi connectivity index (χ2n) is 7.93. The van der Waals surface area contributed by atoms with Crippen LogP contribution in [0.2, 0.25) is 0 Å². The smallest absolute Gasteiger partial charge is 0.121 e. The number of fused-ring (bicyclic) bond motifs is 1. The molecule has 1 aromatic carbocycles. The van der Waals surface area contributed by atoms with Gasteiger partial charge in [-0.1, -0.05) is 13.0 Å². The normalized spacial score (nSPS) is 22.7. The van der Waals surface area contributed by atoms with Crippen LogP contribution in [-0.4, -0.2) is 53.4 Å². The highest BCUT2D eigenvalue weighted by Crippen LogP contribution is 2.29. The van der Waals surface area contributed by atoms with E-state index in [9.17, 15) is 5.11 Å². The van der Waals surface area contributed by atoms with E-state index in [1.807, 2.05) is 31.2 Å². The summed E-state index contributed by atoms with van der Waals surface area (Å²) in [7, 11) is 1.66. The Hall–Kier alpha value is -1.56. The molecule has 3 unspecified atom stereocenters. The Kier molecular flexibility index (Phi) is 7.32. The molecule has 27 heavy (non-hydrogen) atoms. The van der Waals surface area contributed by atoms with Gasteiger partial charge >= 0.3 is 0 Å². The zero-order chi connectivity index (χ0) is 18.7. The highest BCUT2D eigenvalue weighted by molar-refractivity contribution is 5.91. The molecule has 1 fully saturated rings. The molecule has 0 amide bonds. The fraction of sp³-hybridized carbons (Fsp3) is 0.571. The average molecular weight is 394 g/mol. The van der Waals surface area contributed by atoms with E-state index < -0.39 is 5.60 Å². The number of anilines is 1. The lowest BCUT2D eigenvalue weighted by Crippen LogP contribution is -2.52. The van der Waals surface area contributed by atoms with E-state index in [4.69, 9.17) is 4.74 Å². The zero-order valence-electron chi connectivity index (χ0n) is 16.7. The van der Waals surface area contributed by atoms with Gasteiger partial charge in [-0.15, -0.1) is 12.4 Å². The molecule has 3 rings (SSSR count). The third-order valence-electron chi connectivity index (χ3n) is 5.62. The van der Waals surface area contributed by atoms with Crippen molar-refractivity contribution in [1.29, 1.82) is 0 Å². The standard InChI is InChI=1S/C21H31N3O2.ClH/c1-15-7-6-10-24(16(15)2)14-21(3,25)13-23-19-12-18(26-4)11-17-8-5-9-22-20(17)19;/h5,8-9,11-12,15-16,23,25H,6-7,10,13-14H2,1-4H3;1H. The minimum absolute atomic E-state index is 0. The van der Waals surface area contributed by atoms with Crippen LogP contribution < -0.4 is 10.1 Å². The van der Waals surface area contributed by atoms with Crippen molar-refractivity contribution >= 4 is 29.0 Å². The first-order valence-corrected chi connectivity index (χ1v) is 9.53. The Labute approximate surface area is 168 Å². The van der Waals surface area contributed by atoms with Crippen LogP contribution in [0.25, 0.3) is 10.9 Å². The first-order valence-electron chi connectivity index (χ1n) is 9.53. The molecule has 0 spiro atoms. The molecule has 6 heteroatoms. The summed E-state index contributed by atoms with van der Waals surface area (Å²) in [5, 5.41) is 15.4. The fourth-order valence-corrected chi connectivity index (χ4v) is 3.84. The molecule has 0 saturated carbocycles. The topological polar surface area (TPSA) is 57.6 Å². The second kappa shape index (κ2) is 9.09. The van der Waals surface area contributed by atoms with Gasteiger partial charge in [0.05, 0.1) is 23.9 Å². The molecule has 2 heterocycles. The number of rotatable bonds is 6. The van der Waals surface area contributed by atoms with Gasteiger partial charge in [0, 0.05) is 36.8 Å². The van der Waals surface area contributed by atoms with Crippen LogP contribution in [0, 0.1) is 5.92 Å². The molecule has 1 saturated heterocycles. The predicted molar refractivity (Wildman–Crippen MR) is 114 cm³/mol. The molecule has 0 radical (unpaired) electrons. The number of β-amino-alcohol motifs (C(OH)–C–C–N with tert-alkyl or cyclic N) is 1. The molecule has 1 aliphatic heterocycles. The number of halogens is 1.